The van der Waals surface area contributed by atoms with E-state index in [1.54, 1.807) is 0 Å². The smallest absolute Gasteiger partial charge is 0.303 e. The average Bonchev–Trinajstić information content (AvgIpc) is 1.65. The topological polar surface area (TPSA) is 76.2 Å². The molecule has 0 saturated heterocycles. The zero-order valence-corrected chi connectivity index (χ0v) is 3.89. The number of hydrogen-bond acceptors (Lipinski definition) is 3. The molecule has 0 radical (unpaired) electrons. The average molecular weight is 102 g/mol. The van der Waals surface area contributed by atoms with Crippen molar-refractivity contribution in [2.24, 2.45) is 5.73 Å². The molecule has 0 aromatic heterocycles. The first-order valence-electron chi connectivity index (χ1n) is 1.61. The van der Waals surface area contributed by atoms with E-state index in [0.717, 1.165) is 0 Å². The first-order valence-corrected chi connectivity index (χ1v) is 1.61. The van der Waals surface area contributed by atoms with Gasteiger partial charge in [-0.25, -0.2) is 0 Å². The van der Waals surface area contributed by atoms with E-state index < -0.39 is 11.8 Å². The Bertz CT molecular complexity index is 99.1. The minimum absolute atomic E-state index is 0.514. The van der Waals surface area contributed by atoms with Crippen molar-refractivity contribution in [1.82, 2.24) is 0 Å². The van der Waals surface area contributed by atoms with Gasteiger partial charge in [0.15, 0.2) is 0 Å². The van der Waals surface area contributed by atoms with Gasteiger partial charge in [0, 0.05) is 0 Å². The van der Waals surface area contributed by atoms with Crippen molar-refractivity contribution in [1.29, 1.82) is 5.41 Å². The standard InChI is InChI=1S/C3H6N2O2/c1-7-3(5)2(4)6/h5H,1H3,(H2,4,6). The number of rotatable bonds is 0. The molecule has 7 heavy (non-hydrogen) atoms. The van der Waals surface area contributed by atoms with E-state index in [4.69, 9.17) is 5.41 Å². The largest absolute Gasteiger partial charge is 0.478 e. The number of ether oxygens (including phenoxy) is 1. The van der Waals surface area contributed by atoms with Crippen LogP contribution in [0.15, 0.2) is 0 Å². The summed E-state index contributed by atoms with van der Waals surface area (Å²) in [6.07, 6.45) is 0. The predicted octanol–water partition coefficient (Wildman–Crippen LogP) is -0.905. The van der Waals surface area contributed by atoms with Gasteiger partial charge in [0.1, 0.15) is 0 Å². The Kier molecular flexibility index (Phi) is 1.84. The van der Waals surface area contributed by atoms with Gasteiger partial charge in [-0.2, -0.15) is 0 Å². The first kappa shape index (κ1) is 5.94. The zero-order valence-electron chi connectivity index (χ0n) is 3.89. The van der Waals surface area contributed by atoms with Crippen molar-refractivity contribution >= 4 is 11.8 Å². The molecule has 0 aliphatic rings. The highest BCUT2D eigenvalue weighted by atomic mass is 16.5. The lowest BCUT2D eigenvalue weighted by Crippen LogP contribution is -2.23. The third kappa shape index (κ3) is 1.75. The van der Waals surface area contributed by atoms with E-state index in [2.05, 4.69) is 10.5 Å². The Hall–Kier alpha value is -1.06. The second-order valence-corrected chi connectivity index (χ2v) is 0.897. The summed E-state index contributed by atoms with van der Waals surface area (Å²) in [6, 6.07) is 0. The van der Waals surface area contributed by atoms with Gasteiger partial charge in [-0.05, 0) is 0 Å². The Labute approximate surface area is 40.8 Å². The number of hydrogen-bond donors (Lipinski definition) is 2. The van der Waals surface area contributed by atoms with Gasteiger partial charge in [0.05, 0.1) is 7.11 Å². The quantitative estimate of drug-likeness (QED) is 0.307. The van der Waals surface area contributed by atoms with Gasteiger partial charge in [0.25, 0.3) is 5.90 Å². The molecule has 0 aliphatic carbocycles. The molecule has 0 heterocycles. The molecular formula is C3H6N2O2. The summed E-state index contributed by atoms with van der Waals surface area (Å²) in [5.74, 6) is -1.36. The normalized spacial score (nSPS) is 7.57. The van der Waals surface area contributed by atoms with E-state index in [1.165, 1.54) is 7.11 Å². The summed E-state index contributed by atoms with van der Waals surface area (Å²) in [5.41, 5.74) is 4.56. The number of carbonyl (C=O) groups excluding carboxylic acids is 1. The fourth-order valence-electron chi connectivity index (χ4n) is 0.101. The molecule has 0 aromatic rings. The maximum absolute atomic E-state index is 9.80. The Morgan fingerprint density at radius 2 is 2.29 bits per heavy atom. The molecule has 0 unspecified atom stereocenters. The number of nitrogens with one attached hydrogen (secondary N) is 1. The lowest BCUT2D eigenvalue weighted by Gasteiger charge is -1.91. The van der Waals surface area contributed by atoms with Crippen LogP contribution >= 0.6 is 0 Å². The molecule has 4 nitrogen and oxygen atoms in total. The molecule has 0 aromatic carbocycles. The van der Waals surface area contributed by atoms with Crippen LogP contribution in [-0.2, 0) is 9.53 Å². The van der Waals surface area contributed by atoms with Gasteiger partial charge in [0.2, 0.25) is 0 Å². The number of nitrogens with two attached hydrogens (primary N) is 1. The van der Waals surface area contributed by atoms with Gasteiger partial charge in [-0.1, -0.05) is 0 Å². The van der Waals surface area contributed by atoms with Crippen LogP contribution < -0.4 is 5.73 Å². The summed E-state index contributed by atoms with van der Waals surface area (Å²) in [5, 5.41) is 6.50. The number of amides is 1. The summed E-state index contributed by atoms with van der Waals surface area (Å²) in [4.78, 5) is 9.80. The molecule has 40 valence electrons. The molecule has 3 N–H and O–H groups in total. The van der Waals surface area contributed by atoms with Crippen LogP contribution in [0.4, 0.5) is 0 Å². The Morgan fingerprint density at radius 1 is 1.86 bits per heavy atom. The second-order valence-electron chi connectivity index (χ2n) is 0.897. The highest BCUT2D eigenvalue weighted by Gasteiger charge is 1.98. The van der Waals surface area contributed by atoms with Crippen LogP contribution in [0.25, 0.3) is 0 Å². The molecule has 0 saturated carbocycles. The van der Waals surface area contributed by atoms with Crippen LogP contribution in [0.5, 0.6) is 0 Å². The Morgan fingerprint density at radius 3 is 2.29 bits per heavy atom. The van der Waals surface area contributed by atoms with Crippen LogP contribution in [0.3, 0.4) is 0 Å². The van der Waals surface area contributed by atoms with Crippen molar-refractivity contribution in [3.63, 3.8) is 0 Å². The van der Waals surface area contributed by atoms with Gasteiger partial charge in [-0.15, -0.1) is 0 Å². The molecule has 1 amide bonds. The van der Waals surface area contributed by atoms with Crippen LogP contribution in [-0.4, -0.2) is 18.9 Å². The van der Waals surface area contributed by atoms with Crippen molar-refractivity contribution in [3.8, 4) is 0 Å². The van der Waals surface area contributed by atoms with Crippen LogP contribution in [0, 0.1) is 5.41 Å². The zero-order chi connectivity index (χ0) is 5.86. The molecule has 0 aliphatic heterocycles. The van der Waals surface area contributed by atoms with Gasteiger partial charge < -0.3 is 10.5 Å². The molecule has 0 rings (SSSR count). The fraction of sp³-hybridized carbons (Fsp3) is 0.333. The molecular weight excluding hydrogens is 96.0 g/mol. The minimum atomic E-state index is -0.845. The maximum Gasteiger partial charge on any atom is 0.303 e. The van der Waals surface area contributed by atoms with E-state index in [0.29, 0.717) is 0 Å². The molecule has 0 bridgehead atoms. The van der Waals surface area contributed by atoms with E-state index in [-0.39, 0.29) is 0 Å². The van der Waals surface area contributed by atoms with E-state index >= 15 is 0 Å². The third-order valence-corrected chi connectivity index (χ3v) is 0.428. The third-order valence-electron chi connectivity index (χ3n) is 0.428. The van der Waals surface area contributed by atoms with E-state index in [9.17, 15) is 4.79 Å². The molecule has 0 fully saturated rings. The predicted molar refractivity (Wildman–Crippen MR) is 23.9 cm³/mol. The van der Waals surface area contributed by atoms with Gasteiger partial charge in [-0.3, -0.25) is 10.2 Å². The summed E-state index contributed by atoms with van der Waals surface area (Å²) < 4.78 is 4.12. The summed E-state index contributed by atoms with van der Waals surface area (Å²) in [7, 11) is 1.22. The van der Waals surface area contributed by atoms with Crippen molar-refractivity contribution in [2.45, 2.75) is 0 Å². The first-order chi connectivity index (χ1) is 3.18. The molecule has 0 spiro atoms. The van der Waals surface area contributed by atoms with Crippen molar-refractivity contribution in [3.05, 3.63) is 0 Å². The fourth-order valence-corrected chi connectivity index (χ4v) is 0.101. The van der Waals surface area contributed by atoms with Crippen molar-refractivity contribution in [2.75, 3.05) is 7.11 Å². The van der Waals surface area contributed by atoms with Gasteiger partial charge >= 0.3 is 5.91 Å². The Balaban J connectivity index is 3.58. The summed E-state index contributed by atoms with van der Waals surface area (Å²) >= 11 is 0. The monoisotopic (exact) mass is 102 g/mol. The van der Waals surface area contributed by atoms with Crippen LogP contribution in [0.1, 0.15) is 0 Å². The van der Waals surface area contributed by atoms with Crippen LogP contribution in [0.2, 0.25) is 0 Å². The second kappa shape index (κ2) is 2.17. The maximum atomic E-state index is 9.80. The number of methoxy groups -OCH3 is 1. The summed E-state index contributed by atoms with van der Waals surface area (Å²) in [6.45, 7) is 0. The lowest BCUT2D eigenvalue weighted by molar-refractivity contribution is -0.113. The lowest BCUT2D eigenvalue weighted by atomic mass is 10.6. The number of primary amides is 1. The van der Waals surface area contributed by atoms with Crippen molar-refractivity contribution < 1.29 is 9.53 Å². The SMILES string of the molecule is COC(=N)C(N)=O. The molecule has 0 atom stereocenters. The highest BCUT2D eigenvalue weighted by molar-refractivity contribution is 6.33. The number of carbonyl (C=O) groups is 1. The highest BCUT2D eigenvalue weighted by Crippen LogP contribution is 1.66. The molecule has 4 heteroatoms. The minimum Gasteiger partial charge on any atom is -0.478 e. The van der Waals surface area contributed by atoms with E-state index in [1.807, 2.05) is 0 Å².